The van der Waals surface area contributed by atoms with Gasteiger partial charge in [-0.2, -0.15) is 0 Å². The maximum atomic E-state index is 13.2. The number of carbonyl (C=O) groups excluding carboxylic acids is 1. The van der Waals surface area contributed by atoms with E-state index < -0.39 is 6.23 Å². The van der Waals surface area contributed by atoms with Gasteiger partial charge >= 0.3 is 0 Å². The molecule has 0 fully saturated rings. The second-order valence-electron chi connectivity index (χ2n) is 10.7. The van der Waals surface area contributed by atoms with Gasteiger partial charge in [-0.1, -0.05) is 36.0 Å². The van der Waals surface area contributed by atoms with Crippen LogP contribution in [0.5, 0.6) is 5.75 Å². The van der Waals surface area contributed by atoms with Crippen molar-refractivity contribution < 1.29 is 15.0 Å². The van der Waals surface area contributed by atoms with Gasteiger partial charge in [0.15, 0.2) is 6.23 Å². The quantitative estimate of drug-likeness (QED) is 0.162. The number of carbonyl (C=O) groups is 1. The minimum absolute atomic E-state index is 0.193. The molecule has 1 aliphatic rings. The average molecular weight is 600 g/mol. The number of benzene rings is 4. The highest BCUT2D eigenvalue weighted by atomic mass is 32.2. The van der Waals surface area contributed by atoms with Gasteiger partial charge in [0.25, 0.3) is 5.91 Å². The number of pyridine rings is 1. The van der Waals surface area contributed by atoms with Gasteiger partial charge in [0, 0.05) is 51.1 Å². The number of aliphatic hydroxyl groups excluding tert-OH is 1. The largest absolute Gasteiger partial charge is 0.508 e. The third-order valence-corrected chi connectivity index (χ3v) is 8.92. The SMILES string of the molecule is Cc1cccn2c(Nc3ccc(C(=O)Nc4ccc5c(c4)Sc4ccccc4C(O)N5C)cc3)c(-c3ccc(O)cc3)nc12. The fraction of sp³-hybridized carbons (Fsp3) is 0.0857. The molecule has 7 rings (SSSR count). The highest BCUT2D eigenvalue weighted by molar-refractivity contribution is 7.99. The first-order valence-electron chi connectivity index (χ1n) is 14.1. The summed E-state index contributed by atoms with van der Waals surface area (Å²) in [6.45, 7) is 2.02. The standard InChI is InChI=1S/C35H29N5O3S/c1-21-6-5-19-40-32(21)38-31(22-11-16-26(41)17-12-22)33(40)36-24-13-9-23(10-14-24)34(42)37-25-15-18-28-30(20-25)44-29-8-4-3-7-27(29)35(43)39(28)2/h3-20,35-36,41,43H,1-2H3,(H,37,42). The topological polar surface area (TPSA) is 102 Å². The van der Waals surface area contributed by atoms with Crippen LogP contribution in [-0.4, -0.2) is 32.6 Å². The Morgan fingerprint density at radius 1 is 0.886 bits per heavy atom. The summed E-state index contributed by atoms with van der Waals surface area (Å²) in [4.78, 5) is 21.9. The molecular weight excluding hydrogens is 570 g/mol. The molecule has 0 saturated heterocycles. The van der Waals surface area contributed by atoms with Crippen molar-refractivity contribution in [2.24, 2.45) is 0 Å². The van der Waals surface area contributed by atoms with Crippen molar-refractivity contribution in [1.29, 1.82) is 0 Å². The minimum atomic E-state index is -0.755. The van der Waals surface area contributed by atoms with E-state index in [0.29, 0.717) is 11.3 Å². The second-order valence-corrected chi connectivity index (χ2v) is 11.8. The monoisotopic (exact) mass is 599 g/mol. The minimum Gasteiger partial charge on any atom is -0.508 e. The van der Waals surface area contributed by atoms with Crippen molar-refractivity contribution in [3.63, 3.8) is 0 Å². The average Bonchev–Trinajstić information content (AvgIpc) is 3.36. The summed E-state index contributed by atoms with van der Waals surface area (Å²) in [5.41, 5.74) is 7.22. The number of nitrogens with zero attached hydrogens (tertiary/aromatic N) is 3. The molecule has 6 aromatic rings. The van der Waals surface area contributed by atoms with E-state index in [4.69, 9.17) is 4.98 Å². The molecule has 4 aromatic carbocycles. The number of amides is 1. The number of anilines is 4. The summed E-state index contributed by atoms with van der Waals surface area (Å²) in [6, 6.07) is 31.8. The van der Waals surface area contributed by atoms with Crippen molar-refractivity contribution in [3.8, 4) is 17.0 Å². The molecule has 1 unspecified atom stereocenters. The first-order chi connectivity index (χ1) is 21.4. The molecule has 8 nitrogen and oxygen atoms in total. The summed E-state index contributed by atoms with van der Waals surface area (Å²) >= 11 is 1.57. The van der Waals surface area contributed by atoms with Gasteiger partial charge in [-0.05, 0) is 91.3 Å². The summed E-state index contributed by atoms with van der Waals surface area (Å²) in [6.07, 6.45) is 1.20. The number of aromatic nitrogens is 2. The van der Waals surface area contributed by atoms with Gasteiger partial charge in [-0.3, -0.25) is 9.20 Å². The molecule has 0 aliphatic carbocycles. The zero-order chi connectivity index (χ0) is 30.4. The van der Waals surface area contributed by atoms with E-state index in [1.165, 1.54) is 0 Å². The molecule has 4 N–H and O–H groups in total. The zero-order valence-electron chi connectivity index (χ0n) is 24.0. The van der Waals surface area contributed by atoms with Crippen LogP contribution in [0, 0.1) is 6.92 Å². The second kappa shape index (κ2) is 11.1. The van der Waals surface area contributed by atoms with Crippen molar-refractivity contribution in [1.82, 2.24) is 9.38 Å². The molecule has 44 heavy (non-hydrogen) atoms. The first-order valence-corrected chi connectivity index (χ1v) is 14.9. The molecule has 0 radical (unpaired) electrons. The van der Waals surface area contributed by atoms with Crippen LogP contribution in [0.1, 0.15) is 27.7 Å². The summed E-state index contributed by atoms with van der Waals surface area (Å²) < 4.78 is 2.00. The van der Waals surface area contributed by atoms with Crippen molar-refractivity contribution in [3.05, 3.63) is 126 Å². The Morgan fingerprint density at radius 2 is 1.64 bits per heavy atom. The normalized spacial score (nSPS) is 14.1. The van der Waals surface area contributed by atoms with Crippen LogP contribution in [0.4, 0.5) is 22.9 Å². The lowest BCUT2D eigenvalue weighted by molar-refractivity contribution is 0.102. The van der Waals surface area contributed by atoms with Crippen LogP contribution in [0.3, 0.4) is 0 Å². The number of phenolic OH excluding ortho intramolecular Hbond substituents is 1. The molecule has 0 spiro atoms. The van der Waals surface area contributed by atoms with Gasteiger partial charge in [0.2, 0.25) is 0 Å². The Balaban J connectivity index is 1.13. The van der Waals surface area contributed by atoms with E-state index in [9.17, 15) is 15.0 Å². The Kier molecular flexibility index (Phi) is 6.96. The molecule has 0 bridgehead atoms. The number of phenols is 1. The highest BCUT2D eigenvalue weighted by Crippen LogP contribution is 2.45. The maximum Gasteiger partial charge on any atom is 0.255 e. The van der Waals surface area contributed by atoms with Gasteiger partial charge in [-0.15, -0.1) is 0 Å². The van der Waals surface area contributed by atoms with Gasteiger partial charge in [0.1, 0.15) is 22.9 Å². The lowest BCUT2D eigenvalue weighted by atomic mass is 10.1. The van der Waals surface area contributed by atoms with Crippen molar-refractivity contribution >= 4 is 46.2 Å². The van der Waals surface area contributed by atoms with E-state index in [1.54, 1.807) is 36.0 Å². The van der Waals surface area contributed by atoms with E-state index in [2.05, 4.69) is 10.6 Å². The van der Waals surface area contributed by atoms with Gasteiger partial charge in [-0.25, -0.2) is 4.98 Å². The number of hydrogen-bond donors (Lipinski definition) is 4. The molecular formula is C35H29N5O3S. The molecule has 9 heteroatoms. The number of aromatic hydroxyl groups is 1. The number of rotatable bonds is 5. The number of nitrogens with one attached hydrogen (secondary N) is 2. The lowest BCUT2D eigenvalue weighted by Crippen LogP contribution is -2.23. The molecule has 1 amide bonds. The van der Waals surface area contributed by atoms with Crippen LogP contribution >= 0.6 is 11.8 Å². The number of aryl methyl sites for hydroxylation is 1. The number of imidazole rings is 1. The predicted molar refractivity (Wildman–Crippen MR) is 175 cm³/mol. The van der Waals surface area contributed by atoms with E-state index >= 15 is 0 Å². The third kappa shape index (κ3) is 5.02. The fourth-order valence-electron chi connectivity index (χ4n) is 5.40. The Morgan fingerprint density at radius 3 is 2.43 bits per heavy atom. The van der Waals surface area contributed by atoms with Crippen LogP contribution in [0.2, 0.25) is 0 Å². The van der Waals surface area contributed by atoms with Gasteiger partial charge < -0.3 is 25.7 Å². The maximum absolute atomic E-state index is 13.2. The zero-order valence-corrected chi connectivity index (χ0v) is 24.8. The number of fused-ring (bicyclic) bond motifs is 3. The van der Waals surface area contributed by atoms with E-state index in [0.717, 1.165) is 55.0 Å². The van der Waals surface area contributed by atoms with E-state index in [-0.39, 0.29) is 11.7 Å². The summed E-state index contributed by atoms with van der Waals surface area (Å²) in [5.74, 6) is 0.753. The van der Waals surface area contributed by atoms with Crippen LogP contribution in [0.15, 0.2) is 119 Å². The third-order valence-electron chi connectivity index (χ3n) is 7.78. The highest BCUT2D eigenvalue weighted by Gasteiger charge is 2.25. The molecule has 2 aromatic heterocycles. The smallest absolute Gasteiger partial charge is 0.255 e. The molecule has 218 valence electrons. The molecule has 1 aliphatic heterocycles. The molecule has 0 saturated carbocycles. The Labute approximate surface area is 258 Å². The fourth-order valence-corrected chi connectivity index (χ4v) is 6.58. The van der Waals surface area contributed by atoms with Crippen LogP contribution in [-0.2, 0) is 0 Å². The summed E-state index contributed by atoms with van der Waals surface area (Å²) in [5, 5.41) is 27.2. The molecule has 1 atom stereocenters. The van der Waals surface area contributed by atoms with Crippen molar-refractivity contribution in [2.45, 2.75) is 22.9 Å². The Bertz CT molecular complexity index is 2020. The Hall–Kier alpha value is -5.25. The first kappa shape index (κ1) is 27.6. The van der Waals surface area contributed by atoms with Crippen LogP contribution < -0.4 is 15.5 Å². The van der Waals surface area contributed by atoms with Gasteiger partial charge in [0.05, 0.1) is 5.69 Å². The van der Waals surface area contributed by atoms with Crippen LogP contribution in [0.25, 0.3) is 16.9 Å². The predicted octanol–water partition coefficient (Wildman–Crippen LogP) is 7.60. The lowest BCUT2D eigenvalue weighted by Gasteiger charge is -2.25. The number of hydrogen-bond acceptors (Lipinski definition) is 7. The summed E-state index contributed by atoms with van der Waals surface area (Å²) in [7, 11) is 1.86. The van der Waals surface area contributed by atoms with Crippen molar-refractivity contribution in [2.75, 3.05) is 22.6 Å². The van der Waals surface area contributed by atoms with E-state index in [1.807, 2.05) is 108 Å². The molecule has 3 heterocycles. The number of aliphatic hydroxyl groups is 1.